The minimum absolute atomic E-state index is 0.0821. The standard InChI is InChI=1S/C22H22N4O3/c1-3-26-19-10-9-17(28-2)11-15(19)12-20(26)18-13-21(25-24-18)23-22(27)14-29-16-7-5-4-6-8-16/h4-13H,3,14H2,1-2H3,(H2,23,24,25,27). The molecule has 7 heteroatoms. The van der Waals surface area contributed by atoms with Gasteiger partial charge in [0.2, 0.25) is 0 Å². The van der Waals surface area contributed by atoms with E-state index in [1.54, 1.807) is 19.2 Å². The number of aryl methyl sites for hydroxylation is 1. The van der Waals surface area contributed by atoms with Crippen LogP contribution in [0.15, 0.2) is 60.7 Å². The summed E-state index contributed by atoms with van der Waals surface area (Å²) in [6.07, 6.45) is 0. The Morgan fingerprint density at radius 3 is 2.69 bits per heavy atom. The summed E-state index contributed by atoms with van der Waals surface area (Å²) in [4.78, 5) is 12.2. The molecule has 0 aliphatic rings. The Kier molecular flexibility index (Phi) is 5.20. The van der Waals surface area contributed by atoms with Crippen molar-refractivity contribution in [2.75, 3.05) is 19.0 Å². The molecule has 0 unspecified atom stereocenters. The Balaban J connectivity index is 1.50. The van der Waals surface area contributed by atoms with Crippen molar-refractivity contribution in [1.29, 1.82) is 0 Å². The van der Waals surface area contributed by atoms with E-state index in [1.807, 2.05) is 42.5 Å². The molecule has 2 N–H and O–H groups in total. The number of nitrogens with one attached hydrogen (secondary N) is 2. The first kappa shape index (κ1) is 18.6. The molecule has 0 radical (unpaired) electrons. The molecule has 0 saturated carbocycles. The van der Waals surface area contributed by atoms with Crippen LogP contribution in [0.2, 0.25) is 0 Å². The minimum Gasteiger partial charge on any atom is -0.497 e. The lowest BCUT2D eigenvalue weighted by atomic mass is 10.2. The van der Waals surface area contributed by atoms with E-state index in [2.05, 4.69) is 33.1 Å². The molecular weight excluding hydrogens is 368 g/mol. The number of nitrogens with zero attached hydrogens (tertiary/aromatic N) is 2. The summed E-state index contributed by atoms with van der Waals surface area (Å²) in [5.74, 6) is 1.64. The Labute approximate surface area is 168 Å². The van der Waals surface area contributed by atoms with E-state index in [0.717, 1.165) is 34.6 Å². The van der Waals surface area contributed by atoms with Gasteiger partial charge in [0, 0.05) is 23.5 Å². The molecule has 1 amide bonds. The number of benzene rings is 2. The van der Waals surface area contributed by atoms with Gasteiger partial charge in [-0.15, -0.1) is 0 Å². The number of hydrogen-bond donors (Lipinski definition) is 2. The van der Waals surface area contributed by atoms with Gasteiger partial charge in [-0.1, -0.05) is 18.2 Å². The third kappa shape index (κ3) is 3.94. The number of carbonyl (C=O) groups is 1. The molecule has 29 heavy (non-hydrogen) atoms. The Bertz CT molecular complexity index is 1130. The smallest absolute Gasteiger partial charge is 0.263 e. The highest BCUT2D eigenvalue weighted by atomic mass is 16.5. The van der Waals surface area contributed by atoms with Crippen molar-refractivity contribution in [2.45, 2.75) is 13.5 Å². The second-order valence-electron chi connectivity index (χ2n) is 6.52. The van der Waals surface area contributed by atoms with Gasteiger partial charge in [0.05, 0.1) is 18.5 Å². The number of fused-ring (bicyclic) bond motifs is 1. The largest absolute Gasteiger partial charge is 0.497 e. The Morgan fingerprint density at radius 1 is 1.10 bits per heavy atom. The number of hydrogen-bond acceptors (Lipinski definition) is 4. The van der Waals surface area contributed by atoms with Gasteiger partial charge in [0.1, 0.15) is 11.5 Å². The fourth-order valence-electron chi connectivity index (χ4n) is 3.30. The van der Waals surface area contributed by atoms with Crippen LogP contribution >= 0.6 is 0 Å². The number of para-hydroxylation sites is 1. The lowest BCUT2D eigenvalue weighted by Crippen LogP contribution is -2.20. The van der Waals surface area contributed by atoms with Crippen LogP contribution in [-0.4, -0.2) is 34.4 Å². The van der Waals surface area contributed by atoms with Crippen LogP contribution in [0.25, 0.3) is 22.3 Å². The van der Waals surface area contributed by atoms with Crippen LogP contribution < -0.4 is 14.8 Å². The third-order valence-corrected chi connectivity index (χ3v) is 4.66. The zero-order chi connectivity index (χ0) is 20.2. The Morgan fingerprint density at radius 2 is 1.93 bits per heavy atom. The van der Waals surface area contributed by atoms with Crippen molar-refractivity contribution in [3.05, 3.63) is 60.7 Å². The fraction of sp³-hybridized carbons (Fsp3) is 0.182. The molecule has 0 fully saturated rings. The third-order valence-electron chi connectivity index (χ3n) is 4.66. The van der Waals surface area contributed by atoms with Gasteiger partial charge in [-0.2, -0.15) is 5.10 Å². The van der Waals surface area contributed by atoms with Crippen molar-refractivity contribution in [3.63, 3.8) is 0 Å². The monoisotopic (exact) mass is 390 g/mol. The first-order chi connectivity index (χ1) is 14.2. The topological polar surface area (TPSA) is 81.2 Å². The van der Waals surface area contributed by atoms with Crippen molar-refractivity contribution >= 4 is 22.6 Å². The van der Waals surface area contributed by atoms with E-state index in [4.69, 9.17) is 9.47 Å². The maximum Gasteiger partial charge on any atom is 0.263 e. The van der Waals surface area contributed by atoms with Gasteiger partial charge in [0.15, 0.2) is 12.4 Å². The van der Waals surface area contributed by atoms with Crippen LogP contribution in [0.5, 0.6) is 11.5 Å². The number of H-pyrrole nitrogens is 1. The van der Waals surface area contributed by atoms with Crippen molar-refractivity contribution in [1.82, 2.24) is 14.8 Å². The van der Waals surface area contributed by atoms with Gasteiger partial charge < -0.3 is 19.4 Å². The molecule has 0 bridgehead atoms. The number of aromatic nitrogens is 3. The lowest BCUT2D eigenvalue weighted by Gasteiger charge is -2.06. The van der Waals surface area contributed by atoms with Gasteiger partial charge >= 0.3 is 0 Å². The summed E-state index contributed by atoms with van der Waals surface area (Å²) in [5.41, 5.74) is 2.92. The highest BCUT2D eigenvalue weighted by Crippen LogP contribution is 2.30. The molecule has 0 saturated heterocycles. The van der Waals surface area contributed by atoms with Crippen LogP contribution in [0.1, 0.15) is 6.92 Å². The number of anilines is 1. The van der Waals surface area contributed by atoms with Crippen LogP contribution in [-0.2, 0) is 11.3 Å². The number of amides is 1. The zero-order valence-electron chi connectivity index (χ0n) is 16.3. The highest BCUT2D eigenvalue weighted by molar-refractivity contribution is 5.92. The maximum atomic E-state index is 12.2. The molecule has 2 aromatic heterocycles. The van der Waals surface area contributed by atoms with Gasteiger partial charge in [-0.25, -0.2) is 0 Å². The highest BCUT2D eigenvalue weighted by Gasteiger charge is 2.14. The van der Waals surface area contributed by atoms with E-state index in [-0.39, 0.29) is 12.5 Å². The van der Waals surface area contributed by atoms with Crippen LogP contribution in [0.4, 0.5) is 5.82 Å². The molecular formula is C22H22N4O3. The summed E-state index contributed by atoms with van der Waals surface area (Å²) in [7, 11) is 1.66. The molecule has 148 valence electrons. The number of carbonyl (C=O) groups excluding carboxylic acids is 1. The second-order valence-corrected chi connectivity index (χ2v) is 6.52. The molecule has 0 aliphatic heterocycles. The number of aromatic amines is 1. The molecule has 2 aromatic carbocycles. The van der Waals surface area contributed by atoms with E-state index < -0.39 is 0 Å². The average molecular weight is 390 g/mol. The van der Waals surface area contributed by atoms with Crippen LogP contribution in [0, 0.1) is 0 Å². The normalized spacial score (nSPS) is 10.8. The van der Waals surface area contributed by atoms with E-state index in [0.29, 0.717) is 11.6 Å². The first-order valence-electron chi connectivity index (χ1n) is 9.38. The molecule has 4 aromatic rings. The molecule has 0 aliphatic carbocycles. The van der Waals surface area contributed by atoms with Gasteiger partial charge in [-0.3, -0.25) is 9.89 Å². The minimum atomic E-state index is -0.271. The van der Waals surface area contributed by atoms with Gasteiger partial charge in [0.25, 0.3) is 5.91 Å². The van der Waals surface area contributed by atoms with Crippen LogP contribution in [0.3, 0.4) is 0 Å². The van der Waals surface area contributed by atoms with Crippen molar-refractivity contribution < 1.29 is 14.3 Å². The first-order valence-corrected chi connectivity index (χ1v) is 9.38. The van der Waals surface area contributed by atoms with Crippen molar-refractivity contribution in [3.8, 4) is 22.9 Å². The number of ether oxygens (including phenoxy) is 2. The Hall–Kier alpha value is -3.74. The lowest BCUT2D eigenvalue weighted by molar-refractivity contribution is -0.118. The summed E-state index contributed by atoms with van der Waals surface area (Å²) >= 11 is 0. The van der Waals surface area contributed by atoms with E-state index >= 15 is 0 Å². The molecule has 0 spiro atoms. The fourth-order valence-corrected chi connectivity index (χ4v) is 3.30. The summed E-state index contributed by atoms with van der Waals surface area (Å²) < 4.78 is 13.0. The van der Waals surface area contributed by atoms with E-state index in [9.17, 15) is 4.79 Å². The second kappa shape index (κ2) is 8.10. The zero-order valence-corrected chi connectivity index (χ0v) is 16.3. The molecule has 7 nitrogen and oxygen atoms in total. The predicted molar refractivity (Wildman–Crippen MR) is 112 cm³/mol. The van der Waals surface area contributed by atoms with Crippen molar-refractivity contribution in [2.24, 2.45) is 0 Å². The quantitative estimate of drug-likeness (QED) is 0.498. The SMILES string of the molecule is CCn1c(-c2cc(NC(=O)COc3ccccc3)n[nH]2)cc2cc(OC)ccc21. The number of rotatable bonds is 7. The summed E-state index contributed by atoms with van der Waals surface area (Å²) in [6.45, 7) is 2.81. The molecule has 4 rings (SSSR count). The number of methoxy groups -OCH3 is 1. The summed E-state index contributed by atoms with van der Waals surface area (Å²) in [5, 5.41) is 11.1. The summed E-state index contributed by atoms with van der Waals surface area (Å²) in [6, 6.07) is 19.1. The van der Waals surface area contributed by atoms with Gasteiger partial charge in [-0.05, 0) is 43.3 Å². The van der Waals surface area contributed by atoms with E-state index in [1.165, 1.54) is 0 Å². The predicted octanol–water partition coefficient (Wildman–Crippen LogP) is 4.08. The average Bonchev–Trinajstić information content (AvgIpc) is 3.36. The molecule has 2 heterocycles. The molecule has 0 atom stereocenters. The maximum absolute atomic E-state index is 12.2.